The number of ether oxygens (including phenoxy) is 1. The maximum atomic E-state index is 6.33. The van der Waals surface area contributed by atoms with E-state index in [1.54, 1.807) is 0 Å². The van der Waals surface area contributed by atoms with Crippen molar-refractivity contribution in [1.82, 2.24) is 4.90 Å². The van der Waals surface area contributed by atoms with E-state index in [0.29, 0.717) is 12.0 Å². The molecule has 0 aliphatic carbocycles. The van der Waals surface area contributed by atoms with Crippen molar-refractivity contribution in [3.05, 3.63) is 35.4 Å². The fourth-order valence-corrected chi connectivity index (χ4v) is 2.81. The average molecular weight is 276 g/mol. The van der Waals surface area contributed by atoms with Gasteiger partial charge in [-0.25, -0.2) is 0 Å². The standard InChI is InChI=1S/C17H28N2O/c1-13(2)10-14-4-6-15(7-5-14)17(18)11-19(3)16-8-9-20-12-16/h4-7,13,16-17H,8-12,18H2,1-3H3. The fraction of sp³-hybridized carbons (Fsp3) is 0.647. The molecule has 1 fully saturated rings. The summed E-state index contributed by atoms with van der Waals surface area (Å²) >= 11 is 0. The molecule has 0 saturated carbocycles. The van der Waals surface area contributed by atoms with Crippen LogP contribution in [-0.2, 0) is 11.2 Å². The quantitative estimate of drug-likeness (QED) is 0.868. The van der Waals surface area contributed by atoms with E-state index in [-0.39, 0.29) is 6.04 Å². The van der Waals surface area contributed by atoms with Crippen LogP contribution >= 0.6 is 0 Å². The second-order valence-corrected chi connectivity index (χ2v) is 6.40. The minimum atomic E-state index is 0.0775. The number of hydrogen-bond acceptors (Lipinski definition) is 3. The summed E-state index contributed by atoms with van der Waals surface area (Å²) < 4.78 is 5.44. The largest absolute Gasteiger partial charge is 0.380 e. The van der Waals surface area contributed by atoms with Gasteiger partial charge in [0.15, 0.2) is 0 Å². The van der Waals surface area contributed by atoms with Crippen LogP contribution in [0.5, 0.6) is 0 Å². The first-order valence-corrected chi connectivity index (χ1v) is 7.68. The molecule has 0 radical (unpaired) electrons. The van der Waals surface area contributed by atoms with Crippen LogP contribution < -0.4 is 5.73 Å². The molecule has 1 aliphatic heterocycles. The van der Waals surface area contributed by atoms with Crippen molar-refractivity contribution >= 4 is 0 Å². The zero-order valence-corrected chi connectivity index (χ0v) is 13.0. The van der Waals surface area contributed by atoms with Crippen LogP contribution in [0.4, 0.5) is 0 Å². The van der Waals surface area contributed by atoms with Crippen molar-refractivity contribution in [1.29, 1.82) is 0 Å². The van der Waals surface area contributed by atoms with Gasteiger partial charge in [0.1, 0.15) is 0 Å². The van der Waals surface area contributed by atoms with Gasteiger partial charge in [-0.1, -0.05) is 38.1 Å². The van der Waals surface area contributed by atoms with Gasteiger partial charge in [-0.05, 0) is 36.9 Å². The Bertz CT molecular complexity index is 396. The van der Waals surface area contributed by atoms with E-state index in [2.05, 4.69) is 50.1 Å². The first-order valence-electron chi connectivity index (χ1n) is 7.68. The Balaban J connectivity index is 1.89. The third-order valence-corrected chi connectivity index (χ3v) is 4.07. The summed E-state index contributed by atoms with van der Waals surface area (Å²) in [6.45, 7) is 7.11. The second kappa shape index (κ2) is 7.21. The number of rotatable bonds is 6. The van der Waals surface area contributed by atoms with Crippen molar-refractivity contribution in [3.8, 4) is 0 Å². The van der Waals surface area contributed by atoms with E-state index in [1.807, 2.05) is 0 Å². The number of nitrogens with two attached hydrogens (primary N) is 1. The lowest BCUT2D eigenvalue weighted by Gasteiger charge is -2.26. The molecule has 2 unspecified atom stereocenters. The summed E-state index contributed by atoms with van der Waals surface area (Å²) in [4.78, 5) is 2.33. The number of benzene rings is 1. The second-order valence-electron chi connectivity index (χ2n) is 6.40. The van der Waals surface area contributed by atoms with Crippen LogP contribution in [0.3, 0.4) is 0 Å². The molecule has 1 aromatic carbocycles. The van der Waals surface area contributed by atoms with Gasteiger partial charge in [0, 0.05) is 25.2 Å². The molecule has 1 saturated heterocycles. The monoisotopic (exact) mass is 276 g/mol. The molecule has 0 spiro atoms. The Morgan fingerprint density at radius 3 is 2.55 bits per heavy atom. The van der Waals surface area contributed by atoms with E-state index >= 15 is 0 Å². The fourth-order valence-electron chi connectivity index (χ4n) is 2.81. The molecule has 3 nitrogen and oxygen atoms in total. The average Bonchev–Trinajstić information content (AvgIpc) is 2.92. The highest BCUT2D eigenvalue weighted by Gasteiger charge is 2.22. The molecule has 1 aromatic rings. The molecule has 0 bridgehead atoms. The lowest BCUT2D eigenvalue weighted by Crippen LogP contribution is -2.37. The summed E-state index contributed by atoms with van der Waals surface area (Å²) in [5.41, 5.74) is 8.95. The zero-order valence-electron chi connectivity index (χ0n) is 13.0. The van der Waals surface area contributed by atoms with Gasteiger partial charge < -0.3 is 10.5 Å². The number of nitrogens with zero attached hydrogens (tertiary/aromatic N) is 1. The van der Waals surface area contributed by atoms with Crippen molar-refractivity contribution in [2.24, 2.45) is 11.7 Å². The Morgan fingerprint density at radius 1 is 1.30 bits per heavy atom. The van der Waals surface area contributed by atoms with Crippen LogP contribution in [0.25, 0.3) is 0 Å². The van der Waals surface area contributed by atoms with E-state index < -0.39 is 0 Å². The smallest absolute Gasteiger partial charge is 0.0622 e. The maximum absolute atomic E-state index is 6.33. The normalized spacial score (nSPS) is 20.8. The maximum Gasteiger partial charge on any atom is 0.0622 e. The SMILES string of the molecule is CC(C)Cc1ccc(C(N)CN(C)C2CCOC2)cc1. The topological polar surface area (TPSA) is 38.5 Å². The Labute approximate surface area is 123 Å². The highest BCUT2D eigenvalue weighted by atomic mass is 16.5. The van der Waals surface area contributed by atoms with Gasteiger partial charge in [-0.2, -0.15) is 0 Å². The van der Waals surface area contributed by atoms with Gasteiger partial charge in [-0.15, -0.1) is 0 Å². The van der Waals surface area contributed by atoms with Crippen molar-refractivity contribution in [3.63, 3.8) is 0 Å². The molecule has 2 N–H and O–H groups in total. The predicted molar refractivity (Wildman–Crippen MR) is 83.8 cm³/mol. The summed E-state index contributed by atoms with van der Waals surface area (Å²) in [6.07, 6.45) is 2.26. The Hall–Kier alpha value is -0.900. The van der Waals surface area contributed by atoms with Gasteiger partial charge >= 0.3 is 0 Å². The lowest BCUT2D eigenvalue weighted by molar-refractivity contribution is 0.156. The van der Waals surface area contributed by atoms with Crippen LogP contribution in [0.1, 0.15) is 37.4 Å². The van der Waals surface area contributed by atoms with Gasteiger partial charge in [-0.3, -0.25) is 4.90 Å². The molecule has 0 amide bonds. The molecule has 1 heterocycles. The van der Waals surface area contributed by atoms with Crippen molar-refractivity contribution in [2.45, 2.75) is 38.8 Å². The first-order chi connectivity index (χ1) is 9.56. The highest BCUT2D eigenvalue weighted by Crippen LogP contribution is 2.17. The molecule has 2 atom stereocenters. The zero-order chi connectivity index (χ0) is 14.5. The first kappa shape index (κ1) is 15.5. The summed E-state index contributed by atoms with van der Waals surface area (Å²) in [5, 5.41) is 0. The van der Waals surface area contributed by atoms with Crippen molar-refractivity contribution < 1.29 is 4.74 Å². The van der Waals surface area contributed by atoms with Gasteiger partial charge in [0.25, 0.3) is 0 Å². The van der Waals surface area contributed by atoms with Crippen LogP contribution in [0, 0.1) is 5.92 Å². The molecule has 2 rings (SSSR count). The molecule has 1 aliphatic rings. The lowest BCUT2D eigenvalue weighted by atomic mass is 9.99. The van der Waals surface area contributed by atoms with Crippen LogP contribution in [0.2, 0.25) is 0 Å². The van der Waals surface area contributed by atoms with E-state index in [1.165, 1.54) is 11.1 Å². The number of hydrogen-bond donors (Lipinski definition) is 1. The Kier molecular flexibility index (Phi) is 5.58. The molecular weight excluding hydrogens is 248 g/mol. The van der Waals surface area contributed by atoms with E-state index in [4.69, 9.17) is 10.5 Å². The highest BCUT2D eigenvalue weighted by molar-refractivity contribution is 5.25. The summed E-state index contributed by atoms with van der Waals surface area (Å²) in [6, 6.07) is 9.40. The number of likely N-dealkylation sites (N-methyl/N-ethyl adjacent to an activating group) is 1. The minimum Gasteiger partial charge on any atom is -0.380 e. The Morgan fingerprint density at radius 2 is 2.00 bits per heavy atom. The molecule has 3 heteroatoms. The molecule has 112 valence electrons. The molecule has 20 heavy (non-hydrogen) atoms. The third-order valence-electron chi connectivity index (χ3n) is 4.07. The van der Waals surface area contributed by atoms with Crippen LogP contribution in [0.15, 0.2) is 24.3 Å². The minimum absolute atomic E-state index is 0.0775. The van der Waals surface area contributed by atoms with E-state index in [0.717, 1.165) is 32.6 Å². The third kappa shape index (κ3) is 4.30. The summed E-state index contributed by atoms with van der Waals surface area (Å²) in [5.74, 6) is 0.697. The predicted octanol–water partition coefficient (Wildman–Crippen LogP) is 2.61. The van der Waals surface area contributed by atoms with Crippen molar-refractivity contribution in [2.75, 3.05) is 26.8 Å². The summed E-state index contributed by atoms with van der Waals surface area (Å²) in [7, 11) is 2.15. The molecular formula is C17H28N2O. The van der Waals surface area contributed by atoms with Crippen LogP contribution in [-0.4, -0.2) is 37.7 Å². The molecule has 0 aromatic heterocycles. The van der Waals surface area contributed by atoms with Gasteiger partial charge in [0.2, 0.25) is 0 Å². The van der Waals surface area contributed by atoms with Gasteiger partial charge in [0.05, 0.1) is 6.61 Å². The van der Waals surface area contributed by atoms with E-state index in [9.17, 15) is 0 Å².